The SMILES string of the molecule is CCN(CC)S(=O)(=O)c1ccc(/C=C/C(=O)OCC(=O)Nc2ccc(Cl)cn2)cc1. The molecule has 0 aliphatic carbocycles. The molecule has 160 valence electrons. The lowest BCUT2D eigenvalue weighted by molar-refractivity contribution is -0.142. The molecule has 1 heterocycles. The quantitative estimate of drug-likeness (QED) is 0.464. The minimum absolute atomic E-state index is 0.179. The number of hydrogen-bond acceptors (Lipinski definition) is 6. The molecule has 0 fully saturated rings. The van der Waals surface area contributed by atoms with Crippen molar-refractivity contribution in [2.45, 2.75) is 18.7 Å². The zero-order valence-electron chi connectivity index (χ0n) is 16.5. The Kier molecular flexibility index (Phi) is 8.52. The third-order valence-electron chi connectivity index (χ3n) is 3.98. The summed E-state index contributed by atoms with van der Waals surface area (Å²) in [6, 6.07) is 9.21. The van der Waals surface area contributed by atoms with Gasteiger partial charge in [0.05, 0.1) is 9.92 Å². The number of ether oxygens (including phenoxy) is 1. The molecule has 0 unspecified atom stereocenters. The highest BCUT2D eigenvalue weighted by Crippen LogP contribution is 2.16. The van der Waals surface area contributed by atoms with E-state index in [-0.39, 0.29) is 10.7 Å². The number of carbonyl (C=O) groups is 2. The first-order chi connectivity index (χ1) is 14.3. The van der Waals surface area contributed by atoms with Crippen molar-refractivity contribution in [1.29, 1.82) is 0 Å². The topological polar surface area (TPSA) is 106 Å². The number of amides is 1. The Bertz CT molecular complexity index is 1000. The molecule has 0 bridgehead atoms. The van der Waals surface area contributed by atoms with E-state index < -0.39 is 28.5 Å². The lowest BCUT2D eigenvalue weighted by Gasteiger charge is -2.18. The molecule has 8 nitrogen and oxygen atoms in total. The van der Waals surface area contributed by atoms with Crippen LogP contribution in [0.5, 0.6) is 0 Å². The Balaban J connectivity index is 1.88. The minimum Gasteiger partial charge on any atom is -0.452 e. The monoisotopic (exact) mass is 451 g/mol. The van der Waals surface area contributed by atoms with E-state index in [0.29, 0.717) is 23.7 Å². The Morgan fingerprint density at radius 3 is 2.37 bits per heavy atom. The fourth-order valence-corrected chi connectivity index (χ4v) is 4.01. The van der Waals surface area contributed by atoms with E-state index in [9.17, 15) is 18.0 Å². The first-order valence-electron chi connectivity index (χ1n) is 9.12. The molecule has 0 spiro atoms. The van der Waals surface area contributed by atoms with E-state index >= 15 is 0 Å². The van der Waals surface area contributed by atoms with E-state index in [1.165, 1.54) is 34.8 Å². The van der Waals surface area contributed by atoms with E-state index in [4.69, 9.17) is 16.3 Å². The smallest absolute Gasteiger partial charge is 0.331 e. The third kappa shape index (κ3) is 6.65. The Labute approximate surface area is 180 Å². The number of esters is 1. The molecule has 0 aliphatic heterocycles. The van der Waals surface area contributed by atoms with Crippen molar-refractivity contribution in [3.63, 3.8) is 0 Å². The Morgan fingerprint density at radius 1 is 1.13 bits per heavy atom. The van der Waals surface area contributed by atoms with Crippen LogP contribution in [0.1, 0.15) is 19.4 Å². The number of halogens is 1. The highest BCUT2D eigenvalue weighted by atomic mass is 35.5. The highest BCUT2D eigenvalue weighted by molar-refractivity contribution is 7.89. The summed E-state index contributed by atoms with van der Waals surface area (Å²) in [5.41, 5.74) is 0.611. The molecule has 1 aromatic carbocycles. The number of carbonyl (C=O) groups excluding carboxylic acids is 2. The normalized spacial score (nSPS) is 11.6. The summed E-state index contributed by atoms with van der Waals surface area (Å²) in [5, 5.41) is 2.90. The standard InChI is InChI=1S/C20H22ClN3O5S/c1-3-24(4-2)30(27,28)17-9-5-15(6-10-17)7-12-20(26)29-14-19(25)23-18-11-8-16(21)13-22-18/h5-13H,3-4,14H2,1-2H3,(H,22,23,25)/b12-7+. The first-order valence-corrected chi connectivity index (χ1v) is 10.9. The predicted octanol–water partition coefficient (Wildman–Crippen LogP) is 2.96. The maximum atomic E-state index is 12.5. The van der Waals surface area contributed by atoms with Gasteiger partial charge >= 0.3 is 5.97 Å². The minimum atomic E-state index is -3.53. The van der Waals surface area contributed by atoms with Gasteiger partial charge in [-0.3, -0.25) is 4.79 Å². The second kappa shape index (κ2) is 10.9. The van der Waals surface area contributed by atoms with Gasteiger partial charge in [-0.1, -0.05) is 37.6 Å². The molecule has 10 heteroatoms. The van der Waals surface area contributed by atoms with Gasteiger partial charge in [0.25, 0.3) is 5.91 Å². The molecule has 1 aromatic heterocycles. The molecule has 0 saturated heterocycles. The van der Waals surface area contributed by atoms with Gasteiger partial charge in [-0.15, -0.1) is 0 Å². The average Bonchev–Trinajstić information content (AvgIpc) is 2.73. The van der Waals surface area contributed by atoms with Crippen LogP contribution >= 0.6 is 11.6 Å². The zero-order chi connectivity index (χ0) is 22.1. The van der Waals surface area contributed by atoms with E-state index in [0.717, 1.165) is 6.08 Å². The molecule has 1 N–H and O–H groups in total. The molecule has 30 heavy (non-hydrogen) atoms. The average molecular weight is 452 g/mol. The summed E-state index contributed by atoms with van der Waals surface area (Å²) >= 11 is 5.71. The summed E-state index contributed by atoms with van der Waals surface area (Å²) in [6.45, 7) is 3.84. The van der Waals surface area contributed by atoms with Gasteiger partial charge in [0.1, 0.15) is 5.82 Å². The van der Waals surface area contributed by atoms with Crippen LogP contribution in [0.25, 0.3) is 6.08 Å². The van der Waals surface area contributed by atoms with Crippen LogP contribution in [0, 0.1) is 0 Å². The molecule has 0 saturated carbocycles. The van der Waals surface area contributed by atoms with E-state index in [1.807, 2.05) is 0 Å². The second-order valence-electron chi connectivity index (χ2n) is 6.01. The molecule has 2 aromatic rings. The van der Waals surface area contributed by atoms with Crippen molar-refractivity contribution >= 4 is 45.4 Å². The van der Waals surface area contributed by atoms with Crippen LogP contribution in [0.4, 0.5) is 5.82 Å². The number of sulfonamides is 1. The van der Waals surface area contributed by atoms with Crippen LogP contribution in [0.3, 0.4) is 0 Å². The fraction of sp³-hybridized carbons (Fsp3) is 0.250. The summed E-state index contributed by atoms with van der Waals surface area (Å²) in [6.07, 6.45) is 4.00. The Morgan fingerprint density at radius 2 is 1.80 bits per heavy atom. The maximum absolute atomic E-state index is 12.5. The van der Waals surface area contributed by atoms with Gasteiger partial charge in [0, 0.05) is 25.4 Å². The largest absolute Gasteiger partial charge is 0.452 e. The molecule has 0 atom stereocenters. The maximum Gasteiger partial charge on any atom is 0.331 e. The van der Waals surface area contributed by atoms with Crippen molar-refractivity contribution in [2.75, 3.05) is 25.0 Å². The summed E-state index contributed by atoms with van der Waals surface area (Å²) < 4.78 is 31.1. The number of anilines is 1. The Hall–Kier alpha value is -2.75. The van der Waals surface area contributed by atoms with Crippen molar-refractivity contribution in [2.24, 2.45) is 0 Å². The zero-order valence-corrected chi connectivity index (χ0v) is 18.1. The van der Waals surface area contributed by atoms with Crippen molar-refractivity contribution in [3.8, 4) is 0 Å². The van der Waals surface area contributed by atoms with Gasteiger partial charge in [-0.25, -0.2) is 18.2 Å². The first kappa shape index (κ1) is 23.5. The van der Waals surface area contributed by atoms with Crippen molar-refractivity contribution in [3.05, 3.63) is 59.3 Å². The highest BCUT2D eigenvalue weighted by Gasteiger charge is 2.20. The van der Waals surface area contributed by atoms with Crippen LogP contribution in [0.2, 0.25) is 5.02 Å². The van der Waals surface area contributed by atoms with Gasteiger partial charge in [0.2, 0.25) is 10.0 Å². The van der Waals surface area contributed by atoms with E-state index in [1.54, 1.807) is 32.0 Å². The number of nitrogens with one attached hydrogen (secondary N) is 1. The molecule has 1 amide bonds. The van der Waals surface area contributed by atoms with E-state index in [2.05, 4.69) is 10.3 Å². The number of nitrogens with zero attached hydrogens (tertiary/aromatic N) is 2. The van der Waals surface area contributed by atoms with Crippen molar-refractivity contribution in [1.82, 2.24) is 9.29 Å². The van der Waals surface area contributed by atoms with Crippen LogP contribution in [-0.2, 0) is 24.3 Å². The van der Waals surface area contributed by atoms with Crippen LogP contribution < -0.4 is 5.32 Å². The van der Waals surface area contributed by atoms with Gasteiger partial charge in [0.15, 0.2) is 6.61 Å². The predicted molar refractivity (Wildman–Crippen MR) is 114 cm³/mol. The molecular weight excluding hydrogens is 430 g/mol. The lowest BCUT2D eigenvalue weighted by Crippen LogP contribution is -2.30. The number of benzene rings is 1. The molecular formula is C20H22ClN3O5S. The molecule has 0 radical (unpaired) electrons. The number of hydrogen-bond donors (Lipinski definition) is 1. The second-order valence-corrected chi connectivity index (χ2v) is 8.38. The van der Waals surface area contributed by atoms with Gasteiger partial charge < -0.3 is 10.1 Å². The molecule has 0 aliphatic rings. The summed E-state index contributed by atoms with van der Waals surface area (Å²) in [4.78, 5) is 27.6. The van der Waals surface area contributed by atoms with Crippen LogP contribution in [-0.4, -0.2) is 49.3 Å². The summed E-state index contributed by atoms with van der Waals surface area (Å²) in [7, 11) is -3.53. The fourth-order valence-electron chi connectivity index (χ4n) is 2.44. The number of aromatic nitrogens is 1. The third-order valence-corrected chi connectivity index (χ3v) is 6.26. The summed E-state index contributed by atoms with van der Waals surface area (Å²) in [5.74, 6) is -0.970. The lowest BCUT2D eigenvalue weighted by atomic mass is 10.2. The number of pyridine rings is 1. The molecule has 2 rings (SSSR count). The van der Waals surface area contributed by atoms with Crippen molar-refractivity contribution < 1.29 is 22.7 Å². The number of rotatable bonds is 9. The van der Waals surface area contributed by atoms with Crippen LogP contribution in [0.15, 0.2) is 53.6 Å². The van der Waals surface area contributed by atoms with Gasteiger partial charge in [-0.2, -0.15) is 4.31 Å². The van der Waals surface area contributed by atoms with Gasteiger partial charge in [-0.05, 0) is 35.9 Å².